The second kappa shape index (κ2) is 4.91. The molecule has 2 atom stereocenters. The van der Waals surface area contributed by atoms with Crippen molar-refractivity contribution in [1.82, 2.24) is 9.97 Å². The van der Waals surface area contributed by atoms with Gasteiger partial charge in [-0.25, -0.2) is 4.98 Å². The number of carbonyl (C=O) groups excluding carboxylic acids is 1. The first kappa shape index (κ1) is 13.5. The van der Waals surface area contributed by atoms with E-state index in [-0.39, 0.29) is 11.9 Å². The molecule has 0 radical (unpaired) electrons. The molecule has 2 aliphatic rings. The van der Waals surface area contributed by atoms with E-state index in [9.17, 15) is 4.79 Å². The highest BCUT2D eigenvalue weighted by molar-refractivity contribution is 5.80. The van der Waals surface area contributed by atoms with Gasteiger partial charge in [-0.15, -0.1) is 0 Å². The Morgan fingerprint density at radius 3 is 3.05 bits per heavy atom. The third-order valence-electron chi connectivity index (χ3n) is 4.73. The van der Waals surface area contributed by atoms with E-state index in [1.54, 1.807) is 6.20 Å². The first-order valence-corrected chi connectivity index (χ1v) is 7.36. The number of hydrogen-bond donors (Lipinski definition) is 0. The molecule has 0 saturated carbocycles. The van der Waals surface area contributed by atoms with Crippen molar-refractivity contribution in [2.75, 3.05) is 38.3 Å². The summed E-state index contributed by atoms with van der Waals surface area (Å²) in [5.74, 6) is 0.760. The molecule has 0 unspecified atom stereocenters. The number of esters is 1. The van der Waals surface area contributed by atoms with Crippen LogP contribution >= 0.6 is 0 Å². The average molecular weight is 299 g/mol. The maximum absolute atomic E-state index is 12.2. The number of carbonyl (C=O) groups is 1. The summed E-state index contributed by atoms with van der Waals surface area (Å²) in [6, 6.07) is 7.78. The van der Waals surface area contributed by atoms with Crippen LogP contribution in [0.3, 0.4) is 0 Å². The number of aromatic nitrogens is 2. The van der Waals surface area contributed by atoms with E-state index < -0.39 is 5.41 Å². The second-order valence-electron chi connectivity index (χ2n) is 5.96. The summed E-state index contributed by atoms with van der Waals surface area (Å²) in [6.07, 6.45) is 1.77. The molecule has 2 aliphatic heterocycles. The highest BCUT2D eigenvalue weighted by Gasteiger charge is 2.57. The summed E-state index contributed by atoms with van der Waals surface area (Å²) >= 11 is 0. The van der Waals surface area contributed by atoms with Gasteiger partial charge in [0, 0.05) is 19.0 Å². The molecule has 0 amide bonds. The highest BCUT2D eigenvalue weighted by atomic mass is 16.5. The summed E-state index contributed by atoms with van der Waals surface area (Å²) in [4.78, 5) is 23.5. The summed E-state index contributed by atoms with van der Waals surface area (Å²) < 4.78 is 10.5. The Balaban J connectivity index is 1.67. The van der Waals surface area contributed by atoms with Crippen molar-refractivity contribution in [2.24, 2.45) is 11.3 Å². The van der Waals surface area contributed by atoms with Crippen LogP contribution in [0.1, 0.15) is 0 Å². The normalized spacial score (nSPS) is 27.1. The molecule has 3 heterocycles. The zero-order chi connectivity index (χ0) is 15.2. The summed E-state index contributed by atoms with van der Waals surface area (Å²) in [5, 5.41) is 0. The van der Waals surface area contributed by atoms with Gasteiger partial charge in [0.05, 0.1) is 37.6 Å². The largest absolute Gasteiger partial charge is 0.468 e. The predicted octanol–water partition coefficient (Wildman–Crippen LogP) is 1.26. The van der Waals surface area contributed by atoms with Gasteiger partial charge >= 0.3 is 5.97 Å². The van der Waals surface area contributed by atoms with Gasteiger partial charge in [-0.1, -0.05) is 12.1 Å². The number of methoxy groups -OCH3 is 1. The van der Waals surface area contributed by atoms with Crippen LogP contribution in [0.2, 0.25) is 0 Å². The Bertz CT molecular complexity index is 735. The van der Waals surface area contributed by atoms with Gasteiger partial charge in [0.1, 0.15) is 11.2 Å². The first-order chi connectivity index (χ1) is 10.7. The van der Waals surface area contributed by atoms with Crippen LogP contribution in [0.4, 0.5) is 5.82 Å². The highest BCUT2D eigenvalue weighted by Crippen LogP contribution is 2.43. The fraction of sp³-hybridized carbons (Fsp3) is 0.438. The van der Waals surface area contributed by atoms with E-state index >= 15 is 0 Å². The Kier molecular flexibility index (Phi) is 3.00. The molecule has 6 heteroatoms. The fourth-order valence-electron chi connectivity index (χ4n) is 3.50. The molecular weight excluding hydrogens is 282 g/mol. The van der Waals surface area contributed by atoms with Crippen molar-refractivity contribution in [2.45, 2.75) is 0 Å². The topological polar surface area (TPSA) is 64.6 Å². The van der Waals surface area contributed by atoms with E-state index in [0.717, 1.165) is 23.4 Å². The third kappa shape index (κ3) is 1.87. The minimum absolute atomic E-state index is 0.147. The Hall–Kier alpha value is -2.21. The van der Waals surface area contributed by atoms with Crippen LogP contribution in [-0.4, -0.2) is 49.4 Å². The Labute approximate surface area is 128 Å². The van der Waals surface area contributed by atoms with Gasteiger partial charge in [0.15, 0.2) is 0 Å². The van der Waals surface area contributed by atoms with E-state index in [4.69, 9.17) is 9.47 Å². The maximum atomic E-state index is 12.2. The van der Waals surface area contributed by atoms with E-state index in [1.165, 1.54) is 7.11 Å². The van der Waals surface area contributed by atoms with Gasteiger partial charge in [-0.3, -0.25) is 9.78 Å². The Morgan fingerprint density at radius 1 is 1.41 bits per heavy atom. The lowest BCUT2D eigenvalue weighted by Gasteiger charge is -2.24. The zero-order valence-electron chi connectivity index (χ0n) is 12.4. The molecule has 0 bridgehead atoms. The monoisotopic (exact) mass is 299 g/mol. The summed E-state index contributed by atoms with van der Waals surface area (Å²) in [5.41, 5.74) is 1.17. The lowest BCUT2D eigenvalue weighted by molar-refractivity contribution is -0.152. The van der Waals surface area contributed by atoms with Crippen LogP contribution in [0.25, 0.3) is 11.0 Å². The van der Waals surface area contributed by atoms with Crippen LogP contribution in [0.15, 0.2) is 30.5 Å². The molecule has 2 saturated heterocycles. The van der Waals surface area contributed by atoms with Crippen molar-refractivity contribution in [1.29, 1.82) is 0 Å². The molecule has 0 aliphatic carbocycles. The van der Waals surface area contributed by atoms with Crippen LogP contribution in [0, 0.1) is 11.3 Å². The van der Waals surface area contributed by atoms with Gasteiger partial charge in [-0.2, -0.15) is 0 Å². The number of benzene rings is 1. The molecule has 0 spiro atoms. The number of rotatable bonds is 2. The molecule has 2 fully saturated rings. The lowest BCUT2D eigenvalue weighted by atomic mass is 9.81. The molecular formula is C16H17N3O3. The molecule has 0 N–H and O–H groups in total. The van der Waals surface area contributed by atoms with Crippen LogP contribution < -0.4 is 4.90 Å². The first-order valence-electron chi connectivity index (χ1n) is 7.36. The van der Waals surface area contributed by atoms with Gasteiger partial charge in [-0.05, 0) is 12.1 Å². The van der Waals surface area contributed by atoms with Crippen LogP contribution in [0.5, 0.6) is 0 Å². The Morgan fingerprint density at radius 2 is 2.23 bits per heavy atom. The smallest absolute Gasteiger partial charge is 0.316 e. The molecule has 4 rings (SSSR count). The number of nitrogens with zero attached hydrogens (tertiary/aromatic N) is 3. The van der Waals surface area contributed by atoms with Crippen molar-refractivity contribution in [3.8, 4) is 0 Å². The summed E-state index contributed by atoms with van der Waals surface area (Å²) in [7, 11) is 1.44. The average Bonchev–Trinajstić information content (AvgIpc) is 3.11. The summed E-state index contributed by atoms with van der Waals surface area (Å²) in [6.45, 7) is 2.31. The molecule has 6 nitrogen and oxygen atoms in total. The standard InChI is InChI=1S/C16H17N3O3/c1-21-15(20)16-9-19(7-11(16)8-22-10-16)14-6-17-12-4-2-3-5-13(12)18-14/h2-6,11H,7-10H2,1H3/t11-,16-/m0/s1. The van der Waals surface area contributed by atoms with E-state index in [2.05, 4.69) is 14.9 Å². The van der Waals surface area contributed by atoms with Crippen molar-refractivity contribution in [3.05, 3.63) is 30.5 Å². The fourth-order valence-corrected chi connectivity index (χ4v) is 3.50. The molecule has 114 valence electrons. The molecule has 2 aromatic rings. The minimum Gasteiger partial charge on any atom is -0.468 e. The number of fused-ring (bicyclic) bond motifs is 2. The number of ether oxygens (including phenoxy) is 2. The molecule has 1 aromatic carbocycles. The van der Waals surface area contributed by atoms with Crippen LogP contribution in [-0.2, 0) is 14.3 Å². The van der Waals surface area contributed by atoms with Crippen molar-refractivity contribution in [3.63, 3.8) is 0 Å². The van der Waals surface area contributed by atoms with E-state index in [0.29, 0.717) is 19.8 Å². The zero-order valence-corrected chi connectivity index (χ0v) is 12.4. The molecule has 22 heavy (non-hydrogen) atoms. The predicted molar refractivity (Wildman–Crippen MR) is 80.5 cm³/mol. The van der Waals surface area contributed by atoms with Crippen molar-refractivity contribution < 1.29 is 14.3 Å². The SMILES string of the molecule is COC(=O)[C@@]12COC[C@@H]1CN(c1cnc3ccccc3n1)C2. The van der Waals surface area contributed by atoms with Gasteiger partial charge in [0.2, 0.25) is 0 Å². The molecule has 1 aromatic heterocycles. The number of hydrogen-bond acceptors (Lipinski definition) is 6. The number of para-hydroxylation sites is 2. The van der Waals surface area contributed by atoms with Gasteiger partial charge < -0.3 is 14.4 Å². The quantitative estimate of drug-likeness (QED) is 0.778. The maximum Gasteiger partial charge on any atom is 0.316 e. The number of anilines is 1. The lowest BCUT2D eigenvalue weighted by Crippen LogP contribution is -2.40. The second-order valence-corrected chi connectivity index (χ2v) is 5.96. The third-order valence-corrected chi connectivity index (χ3v) is 4.73. The van der Waals surface area contributed by atoms with E-state index in [1.807, 2.05) is 24.3 Å². The minimum atomic E-state index is -0.567. The van der Waals surface area contributed by atoms with Crippen molar-refractivity contribution >= 4 is 22.8 Å². The van der Waals surface area contributed by atoms with Gasteiger partial charge in [0.25, 0.3) is 0 Å².